The third kappa shape index (κ3) is 3.16. The summed E-state index contributed by atoms with van der Waals surface area (Å²) in [5.74, 6) is 0. The molecule has 23 heavy (non-hydrogen) atoms. The van der Waals surface area contributed by atoms with Gasteiger partial charge < -0.3 is 10.2 Å². The highest BCUT2D eigenvalue weighted by molar-refractivity contribution is 7.10. The summed E-state index contributed by atoms with van der Waals surface area (Å²) in [4.78, 5) is 19.7. The third-order valence-electron chi connectivity index (χ3n) is 3.81. The second-order valence-corrected chi connectivity index (χ2v) is 6.61. The molecule has 1 atom stereocenters. The van der Waals surface area contributed by atoms with Crippen molar-refractivity contribution in [2.45, 2.75) is 13.0 Å². The molecule has 0 aliphatic heterocycles. The van der Waals surface area contributed by atoms with Gasteiger partial charge in [-0.3, -0.25) is 4.98 Å². The van der Waals surface area contributed by atoms with Crippen molar-refractivity contribution in [1.82, 2.24) is 9.88 Å². The molecule has 1 N–H and O–H groups in total. The van der Waals surface area contributed by atoms with E-state index in [1.165, 1.54) is 0 Å². The Hall–Kier alpha value is -2.11. The average molecular weight is 346 g/mol. The van der Waals surface area contributed by atoms with E-state index in [1.54, 1.807) is 41.6 Å². The first-order valence-corrected chi connectivity index (χ1v) is 8.44. The van der Waals surface area contributed by atoms with Crippen LogP contribution in [-0.2, 0) is 0 Å². The Morgan fingerprint density at radius 3 is 2.87 bits per heavy atom. The molecule has 118 valence electrons. The lowest BCUT2D eigenvalue weighted by atomic mass is 10.2. The van der Waals surface area contributed by atoms with Gasteiger partial charge in [-0.2, -0.15) is 0 Å². The number of amides is 2. The number of nitrogens with zero attached hydrogens (tertiary/aromatic N) is 2. The zero-order valence-corrected chi connectivity index (χ0v) is 14.4. The summed E-state index contributed by atoms with van der Waals surface area (Å²) in [6, 6.07) is 11.1. The minimum Gasteiger partial charge on any atom is -0.320 e. The molecule has 0 spiro atoms. The van der Waals surface area contributed by atoms with Crippen molar-refractivity contribution in [3.05, 3.63) is 57.9 Å². The zero-order chi connectivity index (χ0) is 16.4. The Labute approximate surface area is 143 Å². The van der Waals surface area contributed by atoms with Gasteiger partial charge in [0.1, 0.15) is 0 Å². The van der Waals surface area contributed by atoms with Gasteiger partial charge in [0.2, 0.25) is 0 Å². The molecule has 0 bridgehead atoms. The van der Waals surface area contributed by atoms with E-state index in [0.29, 0.717) is 16.2 Å². The number of benzene rings is 1. The van der Waals surface area contributed by atoms with Gasteiger partial charge in [-0.05, 0) is 42.6 Å². The molecule has 0 aliphatic carbocycles. The number of carbonyl (C=O) groups excluding carboxylic acids is 1. The first kappa shape index (κ1) is 15.8. The smallest absolute Gasteiger partial charge is 0.320 e. The van der Waals surface area contributed by atoms with Crippen LogP contribution in [0, 0.1) is 0 Å². The summed E-state index contributed by atoms with van der Waals surface area (Å²) < 4.78 is 0. The minimum atomic E-state index is -0.180. The van der Waals surface area contributed by atoms with Gasteiger partial charge in [0, 0.05) is 23.5 Å². The van der Waals surface area contributed by atoms with E-state index in [-0.39, 0.29) is 12.1 Å². The number of urea groups is 1. The number of pyridine rings is 1. The largest absolute Gasteiger partial charge is 0.322 e. The number of rotatable bonds is 3. The number of carbonyl (C=O) groups is 1. The van der Waals surface area contributed by atoms with Gasteiger partial charge in [0.15, 0.2) is 0 Å². The van der Waals surface area contributed by atoms with Crippen LogP contribution in [0.2, 0.25) is 5.02 Å². The topological polar surface area (TPSA) is 45.2 Å². The fraction of sp³-hybridized carbons (Fsp3) is 0.176. The van der Waals surface area contributed by atoms with E-state index in [0.717, 1.165) is 10.3 Å². The van der Waals surface area contributed by atoms with Gasteiger partial charge >= 0.3 is 6.03 Å². The molecule has 0 saturated carbocycles. The number of thiophene rings is 1. The Morgan fingerprint density at radius 1 is 1.30 bits per heavy atom. The molecule has 0 fully saturated rings. The molecule has 3 aromatic rings. The highest BCUT2D eigenvalue weighted by Gasteiger charge is 2.19. The molecule has 0 unspecified atom stereocenters. The van der Waals surface area contributed by atoms with Crippen molar-refractivity contribution in [1.29, 1.82) is 0 Å². The fourth-order valence-corrected chi connectivity index (χ4v) is 3.38. The SMILES string of the molecule is C[C@H](c1cccs1)N(C)C(=O)Nc1ccc(Cl)c2cccnc12. The van der Waals surface area contributed by atoms with Crippen LogP contribution in [0.5, 0.6) is 0 Å². The predicted octanol–water partition coefficient (Wildman–Crippen LogP) is 5.17. The highest BCUT2D eigenvalue weighted by Crippen LogP contribution is 2.29. The maximum atomic E-state index is 12.5. The second-order valence-electron chi connectivity index (χ2n) is 5.23. The Balaban J connectivity index is 1.84. The monoisotopic (exact) mass is 345 g/mol. The first-order chi connectivity index (χ1) is 11.1. The minimum absolute atomic E-state index is 0.00141. The van der Waals surface area contributed by atoms with E-state index >= 15 is 0 Å². The fourth-order valence-electron chi connectivity index (χ4n) is 2.34. The van der Waals surface area contributed by atoms with Crippen molar-refractivity contribution in [3.63, 3.8) is 0 Å². The van der Waals surface area contributed by atoms with Crippen molar-refractivity contribution in [3.8, 4) is 0 Å². The maximum absolute atomic E-state index is 12.5. The Bertz CT molecular complexity index is 835. The van der Waals surface area contributed by atoms with Crippen molar-refractivity contribution < 1.29 is 4.79 Å². The molecule has 0 saturated heterocycles. The van der Waals surface area contributed by atoms with E-state index < -0.39 is 0 Å². The summed E-state index contributed by atoms with van der Waals surface area (Å²) in [6.07, 6.45) is 1.69. The zero-order valence-electron chi connectivity index (χ0n) is 12.8. The van der Waals surface area contributed by atoms with Crippen LogP contribution < -0.4 is 5.32 Å². The first-order valence-electron chi connectivity index (χ1n) is 7.18. The molecule has 0 aliphatic rings. The van der Waals surface area contributed by atoms with Gasteiger partial charge in [-0.15, -0.1) is 11.3 Å². The molecule has 2 aromatic heterocycles. The van der Waals surface area contributed by atoms with Crippen molar-refractivity contribution in [2.24, 2.45) is 0 Å². The summed E-state index contributed by atoms with van der Waals surface area (Å²) in [5.41, 5.74) is 1.34. The molecule has 3 rings (SSSR count). The van der Waals surface area contributed by atoms with Crippen LogP contribution in [0.1, 0.15) is 17.8 Å². The number of nitrogens with one attached hydrogen (secondary N) is 1. The van der Waals surface area contributed by atoms with Crippen LogP contribution >= 0.6 is 22.9 Å². The van der Waals surface area contributed by atoms with E-state index in [2.05, 4.69) is 10.3 Å². The van der Waals surface area contributed by atoms with E-state index in [1.807, 2.05) is 36.6 Å². The molecule has 1 aromatic carbocycles. The highest BCUT2D eigenvalue weighted by atomic mass is 35.5. The van der Waals surface area contributed by atoms with Gasteiger partial charge in [0.05, 0.1) is 22.3 Å². The van der Waals surface area contributed by atoms with Crippen LogP contribution in [0.25, 0.3) is 10.9 Å². The average Bonchev–Trinajstić information content (AvgIpc) is 3.10. The normalized spacial score (nSPS) is 12.1. The summed E-state index contributed by atoms with van der Waals surface area (Å²) in [7, 11) is 1.78. The molecule has 2 heterocycles. The second kappa shape index (κ2) is 6.56. The number of hydrogen-bond acceptors (Lipinski definition) is 3. The molecular formula is C17H16ClN3OS. The maximum Gasteiger partial charge on any atom is 0.322 e. The van der Waals surface area contributed by atoms with Crippen molar-refractivity contribution >= 4 is 45.6 Å². The number of halogens is 1. The summed E-state index contributed by atoms with van der Waals surface area (Å²) >= 11 is 7.82. The molecule has 4 nitrogen and oxygen atoms in total. The van der Waals surface area contributed by atoms with E-state index in [9.17, 15) is 4.79 Å². The third-order valence-corrected chi connectivity index (χ3v) is 5.19. The standard InChI is InChI=1S/C17H16ClN3OS/c1-11(15-6-4-10-23-15)21(2)17(22)20-14-8-7-13(18)12-5-3-9-19-16(12)14/h3-11H,1-2H3,(H,20,22)/t11-/m1/s1. The van der Waals surface area contributed by atoms with Crippen LogP contribution in [0.4, 0.5) is 10.5 Å². The number of fused-ring (bicyclic) bond motifs is 1. The number of aromatic nitrogens is 1. The van der Waals surface area contributed by atoms with Crippen LogP contribution in [-0.4, -0.2) is 23.0 Å². The summed E-state index contributed by atoms with van der Waals surface area (Å²) in [6.45, 7) is 2.00. The van der Waals surface area contributed by atoms with Crippen LogP contribution in [0.3, 0.4) is 0 Å². The number of anilines is 1. The van der Waals surface area contributed by atoms with Gasteiger partial charge in [-0.25, -0.2) is 4.79 Å². The van der Waals surface area contributed by atoms with Gasteiger partial charge in [-0.1, -0.05) is 17.7 Å². The molecule has 6 heteroatoms. The molecule has 2 amide bonds. The molecular weight excluding hydrogens is 330 g/mol. The predicted molar refractivity (Wildman–Crippen MR) is 96.3 cm³/mol. The van der Waals surface area contributed by atoms with E-state index in [4.69, 9.17) is 11.6 Å². The van der Waals surface area contributed by atoms with Crippen LogP contribution in [0.15, 0.2) is 48.0 Å². The lowest BCUT2D eigenvalue weighted by Gasteiger charge is -2.24. The molecule has 0 radical (unpaired) electrons. The number of hydrogen-bond donors (Lipinski definition) is 1. The quantitative estimate of drug-likeness (QED) is 0.711. The lowest BCUT2D eigenvalue weighted by Crippen LogP contribution is -2.33. The van der Waals surface area contributed by atoms with Crippen molar-refractivity contribution in [2.75, 3.05) is 12.4 Å². The lowest BCUT2D eigenvalue weighted by molar-refractivity contribution is 0.209. The van der Waals surface area contributed by atoms with Gasteiger partial charge in [0.25, 0.3) is 0 Å². The summed E-state index contributed by atoms with van der Waals surface area (Å²) in [5, 5.41) is 6.37. The Kier molecular flexibility index (Phi) is 4.50. The Morgan fingerprint density at radius 2 is 2.13 bits per heavy atom.